The Bertz CT molecular complexity index is 465. The molecule has 1 aliphatic carbocycles. The van der Waals surface area contributed by atoms with Gasteiger partial charge in [0.15, 0.2) is 0 Å². The van der Waals surface area contributed by atoms with Crippen LogP contribution in [-0.2, 0) is 9.59 Å². The van der Waals surface area contributed by atoms with E-state index in [1.807, 2.05) is 30.3 Å². The van der Waals surface area contributed by atoms with Crippen LogP contribution in [-0.4, -0.2) is 24.9 Å². The second kappa shape index (κ2) is 7.81. The van der Waals surface area contributed by atoms with E-state index in [0.717, 1.165) is 18.5 Å². The predicted octanol–water partition coefficient (Wildman–Crippen LogP) is 2.88. The van der Waals surface area contributed by atoms with Crippen molar-refractivity contribution in [2.75, 3.05) is 11.9 Å². The quantitative estimate of drug-likeness (QED) is 0.684. The molecule has 0 radical (unpaired) electrons. The summed E-state index contributed by atoms with van der Waals surface area (Å²) in [5.74, 6) is -0.331. The lowest BCUT2D eigenvalue weighted by molar-refractivity contribution is -0.128. The minimum absolute atomic E-state index is 0.0815. The van der Waals surface area contributed by atoms with Crippen molar-refractivity contribution in [3.8, 4) is 0 Å². The standard InChI is InChI=1S/C17H24N2O2/c1-19(15-11-7-4-8-12-15)17(21)13-16(20)18-14-9-5-2-3-6-10-14/h4,7-8,11-12,14H,2-3,5-6,9-10,13H2,1H3,(H,18,20). The molecule has 0 aliphatic heterocycles. The zero-order chi connectivity index (χ0) is 15.1. The summed E-state index contributed by atoms with van der Waals surface area (Å²) in [5, 5.41) is 3.01. The number of amides is 2. The van der Waals surface area contributed by atoms with E-state index >= 15 is 0 Å². The van der Waals surface area contributed by atoms with Crippen LogP contribution in [0.5, 0.6) is 0 Å². The monoisotopic (exact) mass is 288 g/mol. The number of nitrogens with zero attached hydrogens (tertiary/aromatic N) is 1. The zero-order valence-corrected chi connectivity index (χ0v) is 12.7. The van der Waals surface area contributed by atoms with E-state index in [1.165, 1.54) is 30.6 Å². The fraction of sp³-hybridized carbons (Fsp3) is 0.529. The molecule has 0 atom stereocenters. The van der Waals surface area contributed by atoms with Gasteiger partial charge in [0.05, 0.1) is 0 Å². The summed E-state index contributed by atoms with van der Waals surface area (Å²) in [7, 11) is 1.70. The van der Waals surface area contributed by atoms with Crippen molar-refractivity contribution in [2.24, 2.45) is 0 Å². The molecule has 21 heavy (non-hydrogen) atoms. The first kappa shape index (κ1) is 15.5. The van der Waals surface area contributed by atoms with Gasteiger partial charge in [0.1, 0.15) is 6.42 Å². The molecule has 1 aromatic carbocycles. The summed E-state index contributed by atoms with van der Waals surface area (Å²) in [5.41, 5.74) is 0.810. The smallest absolute Gasteiger partial charge is 0.236 e. The number of carbonyl (C=O) groups is 2. The third-order valence-corrected chi connectivity index (χ3v) is 4.05. The number of benzene rings is 1. The Kier molecular flexibility index (Phi) is 5.78. The molecule has 0 bridgehead atoms. The zero-order valence-electron chi connectivity index (χ0n) is 12.7. The maximum Gasteiger partial charge on any atom is 0.236 e. The van der Waals surface area contributed by atoms with E-state index < -0.39 is 0 Å². The largest absolute Gasteiger partial charge is 0.353 e. The Hall–Kier alpha value is -1.84. The minimum Gasteiger partial charge on any atom is -0.353 e. The first-order valence-electron chi connectivity index (χ1n) is 7.78. The fourth-order valence-corrected chi connectivity index (χ4v) is 2.75. The lowest BCUT2D eigenvalue weighted by Crippen LogP contribution is -2.38. The van der Waals surface area contributed by atoms with E-state index in [9.17, 15) is 9.59 Å². The molecule has 1 aromatic rings. The molecule has 0 heterocycles. The molecule has 4 heteroatoms. The van der Waals surface area contributed by atoms with Crippen molar-refractivity contribution in [1.29, 1.82) is 0 Å². The van der Waals surface area contributed by atoms with Crippen LogP contribution >= 0.6 is 0 Å². The summed E-state index contributed by atoms with van der Waals surface area (Å²) >= 11 is 0. The van der Waals surface area contributed by atoms with Crippen LogP contribution in [0.2, 0.25) is 0 Å². The molecule has 2 amide bonds. The summed E-state index contributed by atoms with van der Waals surface area (Å²) < 4.78 is 0. The number of hydrogen-bond donors (Lipinski definition) is 1. The normalized spacial score (nSPS) is 16.0. The van der Waals surface area contributed by atoms with Crippen LogP contribution in [0.1, 0.15) is 44.9 Å². The molecule has 0 aromatic heterocycles. The highest BCUT2D eigenvalue weighted by Crippen LogP contribution is 2.17. The van der Waals surface area contributed by atoms with Crippen molar-refractivity contribution < 1.29 is 9.59 Å². The van der Waals surface area contributed by atoms with E-state index in [-0.39, 0.29) is 24.3 Å². The Balaban J connectivity index is 1.82. The molecule has 0 unspecified atom stereocenters. The molecule has 1 saturated carbocycles. The average molecular weight is 288 g/mol. The molecule has 0 spiro atoms. The van der Waals surface area contributed by atoms with E-state index in [4.69, 9.17) is 0 Å². The van der Waals surface area contributed by atoms with Gasteiger partial charge in [0.25, 0.3) is 0 Å². The third-order valence-electron chi connectivity index (χ3n) is 4.05. The maximum atomic E-state index is 12.1. The summed E-state index contributed by atoms with van der Waals surface area (Å²) in [4.78, 5) is 25.7. The second-order valence-corrected chi connectivity index (χ2v) is 5.72. The number of rotatable bonds is 4. The van der Waals surface area contributed by atoms with Crippen LogP contribution in [0.3, 0.4) is 0 Å². The van der Waals surface area contributed by atoms with Crippen molar-refractivity contribution in [3.63, 3.8) is 0 Å². The van der Waals surface area contributed by atoms with E-state index in [1.54, 1.807) is 7.05 Å². The first-order chi connectivity index (χ1) is 10.2. The lowest BCUT2D eigenvalue weighted by atomic mass is 10.1. The fourth-order valence-electron chi connectivity index (χ4n) is 2.75. The molecule has 114 valence electrons. The highest BCUT2D eigenvalue weighted by atomic mass is 16.2. The van der Waals surface area contributed by atoms with Gasteiger partial charge in [-0.3, -0.25) is 9.59 Å². The highest BCUT2D eigenvalue weighted by molar-refractivity contribution is 6.04. The third kappa shape index (κ3) is 4.88. The van der Waals surface area contributed by atoms with Gasteiger partial charge < -0.3 is 10.2 Å². The van der Waals surface area contributed by atoms with E-state index in [0.29, 0.717) is 0 Å². The lowest BCUT2D eigenvalue weighted by Gasteiger charge is -2.19. The van der Waals surface area contributed by atoms with Crippen LogP contribution < -0.4 is 10.2 Å². The Labute approximate surface area is 126 Å². The van der Waals surface area contributed by atoms with Gasteiger partial charge in [-0.15, -0.1) is 0 Å². The van der Waals surface area contributed by atoms with Crippen LogP contribution in [0.25, 0.3) is 0 Å². The van der Waals surface area contributed by atoms with Crippen molar-refractivity contribution in [1.82, 2.24) is 5.32 Å². The molecule has 1 fully saturated rings. The van der Waals surface area contributed by atoms with Gasteiger partial charge in [-0.1, -0.05) is 43.9 Å². The second-order valence-electron chi connectivity index (χ2n) is 5.72. The molecule has 1 N–H and O–H groups in total. The number of nitrogens with one attached hydrogen (secondary N) is 1. The Morgan fingerprint density at radius 3 is 2.33 bits per heavy atom. The summed E-state index contributed by atoms with van der Waals surface area (Å²) in [6.07, 6.45) is 6.83. The highest BCUT2D eigenvalue weighted by Gasteiger charge is 2.19. The van der Waals surface area contributed by atoms with Gasteiger partial charge in [-0.25, -0.2) is 0 Å². The summed E-state index contributed by atoms with van der Waals surface area (Å²) in [6.45, 7) is 0. The molecule has 1 aliphatic rings. The van der Waals surface area contributed by atoms with Gasteiger partial charge in [-0.2, -0.15) is 0 Å². The van der Waals surface area contributed by atoms with Crippen molar-refractivity contribution in [2.45, 2.75) is 51.0 Å². The van der Waals surface area contributed by atoms with Gasteiger partial charge >= 0.3 is 0 Å². The minimum atomic E-state index is -0.174. The van der Waals surface area contributed by atoms with Crippen molar-refractivity contribution >= 4 is 17.5 Å². The summed E-state index contributed by atoms with van der Waals surface area (Å²) in [6, 6.07) is 9.63. The van der Waals surface area contributed by atoms with Gasteiger partial charge in [0.2, 0.25) is 11.8 Å². The van der Waals surface area contributed by atoms with Crippen LogP contribution in [0.4, 0.5) is 5.69 Å². The number of carbonyl (C=O) groups excluding carboxylic acids is 2. The van der Waals surface area contributed by atoms with Gasteiger partial charge in [-0.05, 0) is 25.0 Å². The van der Waals surface area contributed by atoms with Crippen molar-refractivity contribution in [3.05, 3.63) is 30.3 Å². The molecule has 4 nitrogen and oxygen atoms in total. The number of hydrogen-bond acceptors (Lipinski definition) is 2. The number of para-hydroxylation sites is 1. The maximum absolute atomic E-state index is 12.1. The molecular formula is C17H24N2O2. The van der Waals surface area contributed by atoms with Crippen LogP contribution in [0.15, 0.2) is 30.3 Å². The average Bonchev–Trinajstić information content (AvgIpc) is 2.75. The molecular weight excluding hydrogens is 264 g/mol. The van der Waals surface area contributed by atoms with Crippen LogP contribution in [0, 0.1) is 0 Å². The molecule has 2 rings (SSSR count). The molecule has 0 saturated heterocycles. The Morgan fingerprint density at radius 1 is 1.10 bits per heavy atom. The predicted molar refractivity (Wildman–Crippen MR) is 84.1 cm³/mol. The first-order valence-corrected chi connectivity index (χ1v) is 7.78. The Morgan fingerprint density at radius 2 is 1.71 bits per heavy atom. The van der Waals surface area contributed by atoms with E-state index in [2.05, 4.69) is 5.32 Å². The number of anilines is 1. The SMILES string of the molecule is CN(C(=O)CC(=O)NC1CCCCCC1)c1ccccc1. The topological polar surface area (TPSA) is 49.4 Å². The van der Waals surface area contributed by atoms with Gasteiger partial charge in [0, 0.05) is 18.8 Å².